The number of imidazole rings is 1. The van der Waals surface area contributed by atoms with Crippen LogP contribution < -0.4 is 5.32 Å². The molecule has 3 heterocycles. The Morgan fingerprint density at radius 3 is 2.86 bits per heavy atom. The van der Waals surface area contributed by atoms with E-state index >= 15 is 0 Å². The number of anilines is 1. The van der Waals surface area contributed by atoms with Crippen LogP contribution in [-0.2, 0) is 13.1 Å². The summed E-state index contributed by atoms with van der Waals surface area (Å²) in [7, 11) is 0. The van der Waals surface area contributed by atoms with Gasteiger partial charge < -0.3 is 9.88 Å². The van der Waals surface area contributed by atoms with Crippen LogP contribution in [0.1, 0.15) is 33.1 Å². The second-order valence-corrected chi connectivity index (χ2v) is 6.90. The molecule has 0 fully saturated rings. The lowest BCUT2D eigenvalue weighted by Crippen LogP contribution is -2.15. The summed E-state index contributed by atoms with van der Waals surface area (Å²) >= 11 is 1.16. The molecule has 0 radical (unpaired) electrons. The molecule has 0 aliphatic heterocycles. The molecule has 0 saturated heterocycles. The van der Waals surface area contributed by atoms with E-state index in [9.17, 15) is 4.79 Å². The Balaban J connectivity index is 1.47. The lowest BCUT2D eigenvalue weighted by molar-refractivity contribution is 0.102. The van der Waals surface area contributed by atoms with Crippen LogP contribution in [0.4, 0.5) is 5.69 Å². The maximum absolute atomic E-state index is 12.7. The van der Waals surface area contributed by atoms with E-state index in [1.807, 2.05) is 48.9 Å². The van der Waals surface area contributed by atoms with Crippen LogP contribution >= 0.6 is 11.7 Å². The minimum absolute atomic E-state index is 0.292. The first-order valence-electron chi connectivity index (χ1n) is 8.64. The summed E-state index contributed by atoms with van der Waals surface area (Å²) in [6.45, 7) is 4.84. The number of benzene rings is 1. The van der Waals surface area contributed by atoms with E-state index in [1.54, 1.807) is 17.2 Å². The molecule has 0 saturated carbocycles. The van der Waals surface area contributed by atoms with Gasteiger partial charge in [-0.3, -0.25) is 4.79 Å². The molecule has 1 N–H and O–H groups in total. The van der Waals surface area contributed by atoms with Crippen molar-refractivity contribution in [3.8, 4) is 0 Å². The smallest absolute Gasteiger partial charge is 0.278 e. The molecular formula is C18H18N8OS. The van der Waals surface area contributed by atoms with Crippen molar-refractivity contribution >= 4 is 23.3 Å². The van der Waals surface area contributed by atoms with Crippen LogP contribution in [0.15, 0.2) is 43.0 Å². The maximum atomic E-state index is 12.7. The number of carbonyl (C=O) groups excluding carboxylic acids is 1. The van der Waals surface area contributed by atoms with Gasteiger partial charge >= 0.3 is 0 Å². The second kappa shape index (κ2) is 7.69. The molecule has 28 heavy (non-hydrogen) atoms. The number of rotatable bonds is 6. The first-order valence-corrected chi connectivity index (χ1v) is 9.37. The third-order valence-corrected chi connectivity index (χ3v) is 5.01. The first kappa shape index (κ1) is 18.0. The maximum Gasteiger partial charge on any atom is 0.278 e. The SMILES string of the molecule is Cc1nsnc1Cn1nnc(C(=O)Nc2cccc(Cn3ccnc3)c2)c1C. The van der Waals surface area contributed by atoms with Gasteiger partial charge in [0.1, 0.15) is 0 Å². The zero-order chi connectivity index (χ0) is 19.5. The van der Waals surface area contributed by atoms with E-state index in [4.69, 9.17) is 0 Å². The lowest BCUT2D eigenvalue weighted by atomic mass is 10.2. The van der Waals surface area contributed by atoms with Gasteiger partial charge in [0.2, 0.25) is 0 Å². The summed E-state index contributed by atoms with van der Waals surface area (Å²) in [5.74, 6) is -0.295. The quantitative estimate of drug-likeness (QED) is 0.538. The van der Waals surface area contributed by atoms with Gasteiger partial charge in [-0.15, -0.1) is 5.10 Å². The number of nitrogens with zero attached hydrogens (tertiary/aromatic N) is 7. The molecule has 142 valence electrons. The molecule has 0 aliphatic carbocycles. The van der Waals surface area contributed by atoms with Crippen molar-refractivity contribution in [2.45, 2.75) is 26.9 Å². The topological polar surface area (TPSA) is 103 Å². The fraction of sp³-hybridized carbons (Fsp3) is 0.222. The van der Waals surface area contributed by atoms with Gasteiger partial charge in [0, 0.05) is 24.6 Å². The average molecular weight is 394 g/mol. The molecule has 0 aliphatic rings. The van der Waals surface area contributed by atoms with Gasteiger partial charge in [0.05, 0.1) is 41.7 Å². The predicted octanol–water partition coefficient (Wildman–Crippen LogP) is 2.29. The highest BCUT2D eigenvalue weighted by molar-refractivity contribution is 6.99. The van der Waals surface area contributed by atoms with Gasteiger partial charge in [-0.05, 0) is 31.5 Å². The Morgan fingerprint density at radius 2 is 2.11 bits per heavy atom. The third-order valence-electron chi connectivity index (χ3n) is 4.35. The van der Waals surface area contributed by atoms with Crippen molar-refractivity contribution in [2.24, 2.45) is 0 Å². The fourth-order valence-electron chi connectivity index (χ4n) is 2.78. The van der Waals surface area contributed by atoms with Crippen molar-refractivity contribution in [3.63, 3.8) is 0 Å². The van der Waals surface area contributed by atoms with Crippen LogP contribution in [0.25, 0.3) is 0 Å². The van der Waals surface area contributed by atoms with Crippen LogP contribution in [-0.4, -0.2) is 39.2 Å². The molecule has 9 nitrogen and oxygen atoms in total. The van der Waals surface area contributed by atoms with Gasteiger partial charge in [0.15, 0.2) is 5.69 Å². The number of aromatic nitrogens is 7. The predicted molar refractivity (Wildman–Crippen MR) is 104 cm³/mol. The molecule has 0 atom stereocenters. The number of aryl methyl sites for hydroxylation is 1. The Kier molecular flexibility index (Phi) is 4.94. The van der Waals surface area contributed by atoms with Gasteiger partial charge in [-0.2, -0.15) is 8.75 Å². The molecule has 0 bridgehead atoms. The molecule has 1 aromatic carbocycles. The number of amides is 1. The molecule has 1 amide bonds. The Morgan fingerprint density at radius 1 is 1.21 bits per heavy atom. The fourth-order valence-corrected chi connectivity index (χ4v) is 3.34. The minimum atomic E-state index is -0.295. The zero-order valence-electron chi connectivity index (χ0n) is 15.4. The summed E-state index contributed by atoms with van der Waals surface area (Å²) in [6, 6.07) is 7.69. The Hall–Kier alpha value is -3.40. The molecular weight excluding hydrogens is 376 g/mol. The van der Waals surface area contributed by atoms with Gasteiger partial charge in [0.25, 0.3) is 5.91 Å². The number of hydrogen-bond donors (Lipinski definition) is 1. The minimum Gasteiger partial charge on any atom is -0.333 e. The molecule has 4 rings (SSSR count). The van der Waals surface area contributed by atoms with E-state index in [0.29, 0.717) is 30.2 Å². The van der Waals surface area contributed by atoms with Crippen LogP contribution in [0.5, 0.6) is 0 Å². The molecule has 0 unspecified atom stereocenters. The second-order valence-electron chi connectivity index (χ2n) is 6.37. The van der Waals surface area contributed by atoms with Crippen molar-refractivity contribution in [3.05, 3.63) is 71.3 Å². The average Bonchev–Trinajstić information content (AvgIpc) is 3.40. The first-order chi connectivity index (χ1) is 13.6. The Bertz CT molecular complexity index is 1100. The van der Waals surface area contributed by atoms with E-state index in [0.717, 1.165) is 28.7 Å². The van der Waals surface area contributed by atoms with E-state index in [2.05, 4.69) is 29.4 Å². The summed E-state index contributed by atoms with van der Waals surface area (Å²) in [5, 5.41) is 11.0. The summed E-state index contributed by atoms with van der Waals surface area (Å²) in [5.41, 5.74) is 4.43. The lowest BCUT2D eigenvalue weighted by Gasteiger charge is -2.07. The normalized spacial score (nSPS) is 10.9. The summed E-state index contributed by atoms with van der Waals surface area (Å²) in [4.78, 5) is 16.7. The van der Waals surface area contributed by atoms with E-state index in [-0.39, 0.29) is 5.91 Å². The monoisotopic (exact) mass is 394 g/mol. The van der Waals surface area contributed by atoms with E-state index < -0.39 is 0 Å². The number of hydrogen-bond acceptors (Lipinski definition) is 7. The van der Waals surface area contributed by atoms with Crippen molar-refractivity contribution in [2.75, 3.05) is 5.32 Å². The largest absolute Gasteiger partial charge is 0.333 e. The van der Waals surface area contributed by atoms with E-state index in [1.165, 1.54) is 0 Å². The van der Waals surface area contributed by atoms with Crippen LogP contribution in [0.2, 0.25) is 0 Å². The standard InChI is InChI=1S/C18H18N8OS/c1-12-16(23-28-22-12)10-26-13(2)17(21-24-26)18(27)20-15-5-3-4-14(8-15)9-25-7-6-19-11-25/h3-8,11H,9-10H2,1-2H3,(H,20,27). The highest BCUT2D eigenvalue weighted by atomic mass is 32.1. The molecule has 4 aromatic rings. The third kappa shape index (κ3) is 3.81. The number of carbonyl (C=O) groups is 1. The number of nitrogens with one attached hydrogen (secondary N) is 1. The highest BCUT2D eigenvalue weighted by Gasteiger charge is 2.18. The molecule has 3 aromatic heterocycles. The van der Waals surface area contributed by atoms with Crippen molar-refractivity contribution in [1.82, 2.24) is 33.3 Å². The summed E-state index contributed by atoms with van der Waals surface area (Å²) < 4.78 is 12.0. The highest BCUT2D eigenvalue weighted by Crippen LogP contribution is 2.15. The Labute approximate surface area is 165 Å². The molecule has 10 heteroatoms. The van der Waals surface area contributed by atoms with Gasteiger partial charge in [-0.25, -0.2) is 9.67 Å². The van der Waals surface area contributed by atoms with Crippen molar-refractivity contribution in [1.29, 1.82) is 0 Å². The van der Waals surface area contributed by atoms with Gasteiger partial charge in [-0.1, -0.05) is 17.3 Å². The van der Waals surface area contributed by atoms with Crippen molar-refractivity contribution < 1.29 is 4.79 Å². The van der Waals surface area contributed by atoms with Crippen LogP contribution in [0, 0.1) is 13.8 Å². The summed E-state index contributed by atoms with van der Waals surface area (Å²) in [6.07, 6.45) is 5.39. The zero-order valence-corrected chi connectivity index (χ0v) is 16.2. The molecule has 0 spiro atoms. The van der Waals surface area contributed by atoms with Crippen LogP contribution in [0.3, 0.4) is 0 Å².